The van der Waals surface area contributed by atoms with E-state index in [-0.39, 0.29) is 0 Å². The third-order valence-corrected chi connectivity index (χ3v) is 3.48. The first-order chi connectivity index (χ1) is 10.2. The molecule has 0 spiro atoms. The highest BCUT2D eigenvalue weighted by molar-refractivity contribution is 5.95. The second-order valence-corrected chi connectivity index (χ2v) is 5.07. The Balaban J connectivity index is 2.41. The maximum Gasteiger partial charge on any atom is 0.243 e. The van der Waals surface area contributed by atoms with Gasteiger partial charge >= 0.3 is 0 Å². The van der Waals surface area contributed by atoms with E-state index in [0.29, 0.717) is 4.90 Å². The van der Waals surface area contributed by atoms with Gasteiger partial charge in [-0.25, -0.2) is 13.8 Å². The molecule has 3 unspecified atom stereocenters. The molecule has 0 aromatic rings. The van der Waals surface area contributed by atoms with Crippen molar-refractivity contribution in [3.8, 4) is 11.8 Å². The van der Waals surface area contributed by atoms with Gasteiger partial charge in [-0.05, 0) is 13.8 Å². The van der Waals surface area contributed by atoms with Crippen molar-refractivity contribution in [3.63, 3.8) is 0 Å². The molecule has 6 atom stereocenters. The summed E-state index contributed by atoms with van der Waals surface area (Å²) in [6.07, 6.45) is -6.97. The zero-order valence-electron chi connectivity index (χ0n) is 11.9. The minimum atomic E-state index is -2.66. The summed E-state index contributed by atoms with van der Waals surface area (Å²) in [5, 5.41) is 29.5. The number of hydrogen-bond donors (Lipinski definition) is 4. The fourth-order valence-electron chi connectivity index (χ4n) is 2.40. The Labute approximate surface area is 125 Å². The molecule has 5 N–H and O–H groups in total. The Morgan fingerprint density at radius 1 is 1.55 bits per heavy atom. The highest BCUT2D eigenvalue weighted by Gasteiger charge is 2.60. The maximum absolute atomic E-state index is 15.1. The first kappa shape index (κ1) is 16.6. The van der Waals surface area contributed by atoms with Gasteiger partial charge < -0.3 is 30.7 Å². The van der Waals surface area contributed by atoms with Gasteiger partial charge in [0.1, 0.15) is 12.2 Å². The highest BCUT2D eigenvalue weighted by atomic mass is 19.1. The molecule has 2 aliphatic rings. The van der Waals surface area contributed by atoms with Crippen LogP contribution in [0.25, 0.3) is 0 Å². The molecule has 0 saturated carbocycles. The van der Waals surface area contributed by atoms with Gasteiger partial charge in [-0.2, -0.15) is 0 Å². The predicted octanol–water partition coefficient (Wildman–Crippen LogP) is -1.06. The van der Waals surface area contributed by atoms with Crippen LogP contribution in [0.5, 0.6) is 0 Å². The maximum atomic E-state index is 15.1. The topological polar surface area (TPSA) is 112 Å². The lowest BCUT2D eigenvalue weighted by molar-refractivity contribution is -0.140. The van der Waals surface area contributed by atoms with E-state index in [0.717, 1.165) is 6.20 Å². The van der Waals surface area contributed by atoms with E-state index in [2.05, 4.69) is 16.8 Å². The van der Waals surface area contributed by atoms with Crippen molar-refractivity contribution in [2.45, 2.75) is 50.4 Å². The van der Waals surface area contributed by atoms with E-state index in [4.69, 9.17) is 10.5 Å². The third kappa shape index (κ3) is 2.55. The van der Waals surface area contributed by atoms with Crippen LogP contribution in [0.2, 0.25) is 0 Å². The lowest BCUT2D eigenvalue weighted by atomic mass is 9.94. The molecule has 2 rings (SSSR count). The van der Waals surface area contributed by atoms with Gasteiger partial charge in [0.2, 0.25) is 12.0 Å². The number of halogens is 2. The predicted molar refractivity (Wildman–Crippen MR) is 72.3 cm³/mol. The summed E-state index contributed by atoms with van der Waals surface area (Å²) in [5.41, 5.74) is 2.57. The van der Waals surface area contributed by atoms with Crippen LogP contribution in [0.1, 0.15) is 13.8 Å². The number of aliphatic hydroxyl groups is 3. The van der Waals surface area contributed by atoms with E-state index in [9.17, 15) is 19.7 Å². The quantitative estimate of drug-likeness (QED) is 0.483. The molecular weight excluding hydrogens is 300 g/mol. The van der Waals surface area contributed by atoms with Crippen LogP contribution in [-0.4, -0.2) is 62.6 Å². The van der Waals surface area contributed by atoms with E-state index in [1.807, 2.05) is 0 Å². The smallest absolute Gasteiger partial charge is 0.243 e. The number of aliphatic imine (C=N–C) groups is 1. The van der Waals surface area contributed by atoms with Crippen LogP contribution >= 0.6 is 0 Å². The standard InChI is InChI=1S/C13H17F2N3O4/c1-3-4-13(15)9(20)8(6(2)19)22-11(13)18-5-7(14)10(16)17-12(18)21/h5-6,8-9,11-12,19-21H,1-2H3,(H2,16,17)/t6-,8+,9?,11+,12?,13?/m0/s1. The van der Waals surface area contributed by atoms with Crippen LogP contribution < -0.4 is 5.73 Å². The van der Waals surface area contributed by atoms with Gasteiger partial charge in [-0.3, -0.25) is 0 Å². The molecule has 0 amide bonds. The zero-order valence-corrected chi connectivity index (χ0v) is 11.9. The van der Waals surface area contributed by atoms with Crippen molar-refractivity contribution in [1.29, 1.82) is 0 Å². The van der Waals surface area contributed by atoms with Gasteiger partial charge in [0.25, 0.3) is 0 Å². The van der Waals surface area contributed by atoms with Crippen molar-refractivity contribution in [1.82, 2.24) is 4.90 Å². The molecule has 7 nitrogen and oxygen atoms in total. The molecule has 0 bridgehead atoms. The molecule has 0 radical (unpaired) electrons. The Bertz CT molecular complexity index is 571. The van der Waals surface area contributed by atoms with Crippen LogP contribution in [0.15, 0.2) is 17.0 Å². The summed E-state index contributed by atoms with van der Waals surface area (Å²) in [6.45, 7) is 2.65. The minimum absolute atomic E-state index is 0.541. The number of aliphatic hydroxyl groups excluding tert-OH is 3. The van der Waals surface area contributed by atoms with Crippen molar-refractivity contribution >= 4 is 5.84 Å². The monoisotopic (exact) mass is 317 g/mol. The fourth-order valence-corrected chi connectivity index (χ4v) is 2.40. The Kier molecular flexibility index (Phi) is 4.39. The molecule has 122 valence electrons. The van der Waals surface area contributed by atoms with E-state index >= 15 is 4.39 Å². The number of nitrogens with zero attached hydrogens (tertiary/aromatic N) is 2. The molecular formula is C13H17F2N3O4. The molecule has 0 aromatic heterocycles. The summed E-state index contributed by atoms with van der Waals surface area (Å²) in [4.78, 5) is 4.11. The fraction of sp³-hybridized carbons (Fsp3) is 0.615. The molecule has 1 saturated heterocycles. The Morgan fingerprint density at radius 3 is 2.73 bits per heavy atom. The molecule has 9 heteroatoms. The Morgan fingerprint density at radius 2 is 2.18 bits per heavy atom. The number of hydrogen-bond acceptors (Lipinski definition) is 7. The zero-order chi connectivity index (χ0) is 16.7. The molecule has 22 heavy (non-hydrogen) atoms. The molecule has 0 aliphatic carbocycles. The average molecular weight is 317 g/mol. The molecule has 2 heterocycles. The number of nitrogens with two attached hydrogens (primary N) is 1. The van der Waals surface area contributed by atoms with E-state index in [1.165, 1.54) is 13.8 Å². The van der Waals surface area contributed by atoms with Crippen molar-refractivity contribution in [2.75, 3.05) is 0 Å². The minimum Gasteiger partial charge on any atom is -0.391 e. The first-order valence-electron chi connectivity index (χ1n) is 6.53. The van der Waals surface area contributed by atoms with Gasteiger partial charge in [-0.15, -0.1) is 5.92 Å². The number of ether oxygens (including phenoxy) is 1. The van der Waals surface area contributed by atoms with Crippen molar-refractivity contribution in [2.24, 2.45) is 10.7 Å². The first-order valence-corrected chi connectivity index (χ1v) is 6.53. The van der Waals surface area contributed by atoms with Gasteiger partial charge in [0.05, 0.1) is 6.10 Å². The van der Waals surface area contributed by atoms with Gasteiger partial charge in [0.15, 0.2) is 17.9 Å². The summed E-state index contributed by atoms with van der Waals surface area (Å²) in [5.74, 6) is 2.95. The average Bonchev–Trinajstić information content (AvgIpc) is 2.68. The van der Waals surface area contributed by atoms with Gasteiger partial charge in [-0.1, -0.05) is 5.92 Å². The van der Waals surface area contributed by atoms with Crippen molar-refractivity contribution < 1.29 is 28.8 Å². The van der Waals surface area contributed by atoms with Crippen LogP contribution in [0.4, 0.5) is 8.78 Å². The third-order valence-electron chi connectivity index (χ3n) is 3.48. The number of alkyl halides is 1. The summed E-state index contributed by atoms with van der Waals surface area (Å²) in [6, 6.07) is 0. The van der Waals surface area contributed by atoms with Crippen LogP contribution in [0.3, 0.4) is 0 Å². The Hall–Kier alpha value is -1.73. The normalized spacial score (nSPS) is 39.7. The molecule has 1 fully saturated rings. The van der Waals surface area contributed by atoms with Crippen molar-refractivity contribution in [3.05, 3.63) is 12.0 Å². The number of rotatable bonds is 2. The summed E-state index contributed by atoms with van der Waals surface area (Å²) < 4.78 is 34.0. The largest absolute Gasteiger partial charge is 0.391 e. The lowest BCUT2D eigenvalue weighted by Crippen LogP contribution is -2.53. The highest BCUT2D eigenvalue weighted by Crippen LogP contribution is 2.39. The van der Waals surface area contributed by atoms with E-state index < -0.39 is 48.2 Å². The molecule has 2 aliphatic heterocycles. The SMILES string of the molecule is CC#CC1(F)C(O)[C@@H]([C@H](C)O)O[C@H]1N1C=C(F)C(N)=NC1O. The van der Waals surface area contributed by atoms with Crippen LogP contribution in [-0.2, 0) is 4.74 Å². The molecule has 0 aromatic carbocycles. The second-order valence-electron chi connectivity index (χ2n) is 5.07. The number of amidine groups is 1. The van der Waals surface area contributed by atoms with E-state index in [1.54, 1.807) is 0 Å². The summed E-state index contributed by atoms with van der Waals surface area (Å²) in [7, 11) is 0. The second kappa shape index (κ2) is 5.81. The van der Waals surface area contributed by atoms with Crippen LogP contribution in [0, 0.1) is 11.8 Å². The van der Waals surface area contributed by atoms with Gasteiger partial charge in [0, 0.05) is 6.20 Å². The lowest BCUT2D eigenvalue weighted by Gasteiger charge is -2.35. The summed E-state index contributed by atoms with van der Waals surface area (Å²) >= 11 is 0.